The van der Waals surface area contributed by atoms with Gasteiger partial charge in [0.15, 0.2) is 5.78 Å². The van der Waals surface area contributed by atoms with Gasteiger partial charge in [-0.1, -0.05) is 11.3 Å². The molecule has 0 N–H and O–H groups in total. The molecule has 0 aliphatic heterocycles. The van der Waals surface area contributed by atoms with E-state index in [4.69, 9.17) is 4.74 Å². The number of nitro groups is 1. The average Bonchev–Trinajstić information content (AvgIpc) is 2.71. The number of ketones is 1. The van der Waals surface area contributed by atoms with Crippen LogP contribution in [-0.2, 0) is 0 Å². The third-order valence-corrected chi connectivity index (χ3v) is 3.37. The van der Waals surface area contributed by atoms with E-state index in [-0.39, 0.29) is 21.5 Å². The van der Waals surface area contributed by atoms with Crippen LogP contribution in [0.2, 0.25) is 0 Å². The van der Waals surface area contributed by atoms with Gasteiger partial charge in [0.1, 0.15) is 17.4 Å². The molecule has 0 spiro atoms. The molecule has 104 valence electrons. The first-order valence-electron chi connectivity index (χ1n) is 5.30. The van der Waals surface area contributed by atoms with Gasteiger partial charge in [-0.3, -0.25) is 14.9 Å². The maximum atomic E-state index is 13.0. The average molecular weight is 299 g/mol. The second-order valence-corrected chi connectivity index (χ2v) is 4.82. The third kappa shape index (κ3) is 2.97. The van der Waals surface area contributed by atoms with E-state index in [1.54, 1.807) is 0 Å². The minimum Gasteiger partial charge on any atom is -0.440 e. The number of hydrogen-bond donors (Lipinski definition) is 0. The maximum absolute atomic E-state index is 13.0. The fourth-order valence-corrected chi connectivity index (χ4v) is 2.32. The number of carbonyl (C=O) groups excluding carboxylic acids is 1. The van der Waals surface area contributed by atoms with Crippen molar-refractivity contribution in [2.75, 3.05) is 0 Å². The van der Waals surface area contributed by atoms with E-state index in [0.717, 1.165) is 29.5 Å². The lowest BCUT2D eigenvalue weighted by Crippen LogP contribution is -1.90. The number of Topliss-reactive ketones (excluding diaryl/α,β-unsaturated/α-hetero) is 1. The predicted octanol–water partition coefficient (Wildman–Crippen LogP) is 3.93. The second kappa shape index (κ2) is 5.33. The minimum atomic E-state index is -0.869. The molecule has 0 aliphatic rings. The van der Waals surface area contributed by atoms with Crippen molar-refractivity contribution in [3.05, 3.63) is 50.9 Å². The van der Waals surface area contributed by atoms with Gasteiger partial charge in [0.05, 0.1) is 9.80 Å². The Labute approximate surface area is 115 Å². The summed E-state index contributed by atoms with van der Waals surface area (Å²) in [5.41, 5.74) is -0.426. The molecule has 5 nitrogen and oxygen atoms in total. The van der Waals surface area contributed by atoms with Gasteiger partial charge in [-0.25, -0.2) is 8.78 Å². The number of thiophene rings is 1. The van der Waals surface area contributed by atoms with Gasteiger partial charge in [-0.2, -0.15) is 0 Å². The highest BCUT2D eigenvalue weighted by molar-refractivity contribution is 7.16. The van der Waals surface area contributed by atoms with Crippen molar-refractivity contribution in [2.45, 2.75) is 6.92 Å². The largest absolute Gasteiger partial charge is 0.440 e. The van der Waals surface area contributed by atoms with E-state index in [9.17, 15) is 23.7 Å². The normalized spacial score (nSPS) is 10.3. The second-order valence-electron chi connectivity index (χ2n) is 3.80. The lowest BCUT2D eigenvalue weighted by molar-refractivity contribution is -0.385. The van der Waals surface area contributed by atoms with Gasteiger partial charge in [0, 0.05) is 24.3 Å². The molecule has 1 heterocycles. The topological polar surface area (TPSA) is 69.4 Å². The Hall–Kier alpha value is -2.35. The van der Waals surface area contributed by atoms with Crippen molar-refractivity contribution in [1.82, 2.24) is 0 Å². The minimum absolute atomic E-state index is 0.128. The zero-order chi connectivity index (χ0) is 14.9. The molecule has 0 bridgehead atoms. The van der Waals surface area contributed by atoms with E-state index >= 15 is 0 Å². The summed E-state index contributed by atoms with van der Waals surface area (Å²) in [4.78, 5) is 21.5. The molecule has 0 radical (unpaired) electrons. The molecule has 1 aromatic carbocycles. The molecular weight excluding hydrogens is 292 g/mol. The van der Waals surface area contributed by atoms with Crippen molar-refractivity contribution in [2.24, 2.45) is 0 Å². The quantitative estimate of drug-likeness (QED) is 0.487. The molecule has 0 atom stereocenters. The molecule has 0 amide bonds. The number of hydrogen-bond acceptors (Lipinski definition) is 5. The van der Waals surface area contributed by atoms with E-state index < -0.39 is 22.2 Å². The zero-order valence-corrected chi connectivity index (χ0v) is 10.9. The number of nitrogens with zero attached hydrogens (tertiary/aromatic N) is 1. The smallest absolute Gasteiger partial charge is 0.323 e. The molecule has 2 aromatic rings. The van der Waals surface area contributed by atoms with Gasteiger partial charge in [-0.05, 0) is 6.92 Å². The molecule has 1 aromatic heterocycles. The van der Waals surface area contributed by atoms with Gasteiger partial charge in [0.2, 0.25) is 0 Å². The number of halogens is 2. The molecule has 0 fully saturated rings. The number of benzene rings is 1. The van der Waals surface area contributed by atoms with Crippen LogP contribution in [-0.4, -0.2) is 10.7 Å². The maximum Gasteiger partial charge on any atom is 0.323 e. The summed E-state index contributed by atoms with van der Waals surface area (Å²) < 4.78 is 31.1. The summed E-state index contributed by atoms with van der Waals surface area (Å²) >= 11 is 0.744. The fourth-order valence-electron chi connectivity index (χ4n) is 1.43. The molecule has 20 heavy (non-hydrogen) atoms. The highest BCUT2D eigenvalue weighted by Crippen LogP contribution is 2.40. The van der Waals surface area contributed by atoms with Gasteiger partial charge in [-0.15, -0.1) is 0 Å². The summed E-state index contributed by atoms with van der Waals surface area (Å²) in [5.74, 6) is -2.32. The first kappa shape index (κ1) is 14.1. The van der Waals surface area contributed by atoms with E-state index in [1.165, 1.54) is 6.92 Å². The van der Waals surface area contributed by atoms with Crippen LogP contribution in [0.15, 0.2) is 24.3 Å². The molecule has 8 heteroatoms. The van der Waals surface area contributed by atoms with Crippen LogP contribution in [0, 0.1) is 21.7 Å². The van der Waals surface area contributed by atoms with Crippen LogP contribution in [0.1, 0.15) is 16.6 Å². The number of rotatable bonds is 4. The van der Waals surface area contributed by atoms with Crippen molar-refractivity contribution < 1.29 is 23.2 Å². The summed E-state index contributed by atoms with van der Waals surface area (Å²) in [7, 11) is 0. The summed E-state index contributed by atoms with van der Waals surface area (Å²) in [6.45, 7) is 1.25. The first-order valence-corrected chi connectivity index (χ1v) is 6.11. The van der Waals surface area contributed by atoms with Crippen LogP contribution in [0.5, 0.6) is 10.8 Å². The lowest BCUT2D eigenvalue weighted by atomic mass is 10.3. The van der Waals surface area contributed by atoms with Crippen LogP contribution >= 0.6 is 11.3 Å². The van der Waals surface area contributed by atoms with Gasteiger partial charge in [0.25, 0.3) is 5.06 Å². The lowest BCUT2D eigenvalue weighted by Gasteiger charge is -2.02. The highest BCUT2D eigenvalue weighted by atomic mass is 32.1. The third-order valence-electron chi connectivity index (χ3n) is 2.27. The Bertz CT molecular complexity index is 679. The Morgan fingerprint density at radius 3 is 2.35 bits per heavy atom. The van der Waals surface area contributed by atoms with Crippen LogP contribution in [0.3, 0.4) is 0 Å². The molecule has 2 rings (SSSR count). The Morgan fingerprint density at radius 1 is 1.25 bits per heavy atom. The standard InChI is InChI=1S/C12H7F2NO4S/c1-6(16)11-5-10(15(17)18)12(20-11)19-9-3-7(13)2-8(14)4-9/h2-5H,1H3. The van der Waals surface area contributed by atoms with Crippen molar-refractivity contribution in [3.63, 3.8) is 0 Å². The van der Waals surface area contributed by atoms with Crippen LogP contribution in [0.25, 0.3) is 0 Å². The van der Waals surface area contributed by atoms with Crippen molar-refractivity contribution in [1.29, 1.82) is 0 Å². The fraction of sp³-hybridized carbons (Fsp3) is 0.0833. The molecular formula is C12H7F2NO4S. The first-order chi connectivity index (χ1) is 9.36. The number of ether oxygens (including phenoxy) is 1. The summed E-state index contributed by atoms with van der Waals surface area (Å²) in [6.07, 6.45) is 0. The molecule has 0 saturated carbocycles. The molecule has 0 aliphatic carbocycles. The van der Waals surface area contributed by atoms with Gasteiger partial charge < -0.3 is 4.74 Å². The summed E-state index contributed by atoms with van der Waals surface area (Å²) in [5, 5.41) is 10.7. The van der Waals surface area contributed by atoms with Crippen LogP contribution in [0.4, 0.5) is 14.5 Å². The Kier molecular flexibility index (Phi) is 3.75. The zero-order valence-electron chi connectivity index (χ0n) is 10.1. The van der Waals surface area contributed by atoms with E-state index in [2.05, 4.69) is 0 Å². The summed E-state index contributed by atoms with van der Waals surface area (Å²) in [6, 6.07) is 3.49. The molecule has 0 saturated heterocycles. The van der Waals surface area contributed by atoms with E-state index in [0.29, 0.717) is 6.07 Å². The van der Waals surface area contributed by atoms with Crippen molar-refractivity contribution >= 4 is 22.8 Å². The monoisotopic (exact) mass is 299 g/mol. The van der Waals surface area contributed by atoms with Gasteiger partial charge >= 0.3 is 5.69 Å². The molecule has 0 unspecified atom stereocenters. The Morgan fingerprint density at radius 2 is 1.85 bits per heavy atom. The SMILES string of the molecule is CC(=O)c1cc([N+](=O)[O-])c(Oc2cc(F)cc(F)c2)s1. The van der Waals surface area contributed by atoms with Crippen molar-refractivity contribution in [3.8, 4) is 10.8 Å². The van der Waals surface area contributed by atoms with Crippen LogP contribution < -0.4 is 4.74 Å². The number of carbonyl (C=O) groups is 1. The predicted molar refractivity (Wildman–Crippen MR) is 67.4 cm³/mol. The van der Waals surface area contributed by atoms with E-state index in [1.807, 2.05) is 0 Å². The highest BCUT2D eigenvalue weighted by Gasteiger charge is 2.23. The Balaban J connectivity index is 2.41.